The van der Waals surface area contributed by atoms with Crippen molar-refractivity contribution in [3.63, 3.8) is 0 Å². The Morgan fingerprint density at radius 3 is 2.71 bits per heavy atom. The summed E-state index contributed by atoms with van der Waals surface area (Å²) in [6.45, 7) is 1.41. The highest BCUT2D eigenvalue weighted by molar-refractivity contribution is 5.94. The molecule has 0 fully saturated rings. The molecule has 0 aliphatic carbocycles. The van der Waals surface area contributed by atoms with Crippen LogP contribution in [0.3, 0.4) is 0 Å². The van der Waals surface area contributed by atoms with E-state index in [1.54, 1.807) is 5.48 Å². The number of nitrogens with one attached hydrogen (secondary N) is 1. The van der Waals surface area contributed by atoms with Gasteiger partial charge in [-0.25, -0.2) is 5.48 Å². The Labute approximate surface area is 124 Å². The van der Waals surface area contributed by atoms with E-state index in [9.17, 15) is 9.59 Å². The van der Waals surface area contributed by atoms with E-state index in [1.807, 2.05) is 29.2 Å². The first kappa shape index (κ1) is 15.3. The van der Waals surface area contributed by atoms with Gasteiger partial charge in [-0.1, -0.05) is 36.4 Å². The highest BCUT2D eigenvalue weighted by Gasteiger charge is 2.21. The summed E-state index contributed by atoms with van der Waals surface area (Å²) in [5.74, 6) is -0.465. The molecule has 0 aromatic heterocycles. The van der Waals surface area contributed by atoms with Crippen LogP contribution in [0, 0.1) is 0 Å². The van der Waals surface area contributed by atoms with E-state index in [4.69, 9.17) is 5.21 Å². The van der Waals surface area contributed by atoms with Crippen molar-refractivity contribution >= 4 is 11.8 Å². The molecule has 0 atom stereocenters. The number of hydrogen-bond acceptors (Lipinski definition) is 3. The largest absolute Gasteiger partial charge is 0.338 e. The third-order valence-electron chi connectivity index (χ3n) is 3.61. The van der Waals surface area contributed by atoms with Crippen LogP contribution in [0.15, 0.2) is 42.0 Å². The van der Waals surface area contributed by atoms with Gasteiger partial charge in [0.2, 0.25) is 11.8 Å². The first-order chi connectivity index (χ1) is 10.2. The Balaban J connectivity index is 1.86. The minimum Gasteiger partial charge on any atom is -0.338 e. The van der Waals surface area contributed by atoms with Crippen LogP contribution in [-0.4, -0.2) is 35.0 Å². The fraction of sp³-hybridized carbons (Fsp3) is 0.375. The molecule has 0 spiro atoms. The number of amides is 2. The molecule has 0 saturated carbocycles. The van der Waals surface area contributed by atoms with Gasteiger partial charge in [-0.15, -0.1) is 0 Å². The second kappa shape index (κ2) is 7.59. The number of benzene rings is 1. The smallest absolute Gasteiger partial charge is 0.249 e. The summed E-state index contributed by atoms with van der Waals surface area (Å²) < 4.78 is 0. The SMILES string of the molecule is O=C(CCC1=CCCN(CCc2ccccc2)C1=O)NO. The van der Waals surface area contributed by atoms with Crippen molar-refractivity contribution in [2.75, 3.05) is 13.1 Å². The molecule has 0 unspecified atom stereocenters. The van der Waals surface area contributed by atoms with Gasteiger partial charge in [-0.05, 0) is 24.8 Å². The maximum absolute atomic E-state index is 12.3. The summed E-state index contributed by atoms with van der Waals surface area (Å²) in [6.07, 6.45) is 4.03. The second-order valence-corrected chi connectivity index (χ2v) is 5.08. The molecule has 1 aromatic carbocycles. The number of rotatable bonds is 6. The van der Waals surface area contributed by atoms with E-state index >= 15 is 0 Å². The third-order valence-corrected chi connectivity index (χ3v) is 3.61. The maximum atomic E-state index is 12.3. The van der Waals surface area contributed by atoms with E-state index in [-0.39, 0.29) is 12.3 Å². The van der Waals surface area contributed by atoms with Crippen LogP contribution in [0.5, 0.6) is 0 Å². The Morgan fingerprint density at radius 1 is 1.24 bits per heavy atom. The average Bonchev–Trinajstić information content (AvgIpc) is 2.53. The zero-order valence-corrected chi connectivity index (χ0v) is 11.9. The number of carbonyl (C=O) groups excluding carboxylic acids is 2. The second-order valence-electron chi connectivity index (χ2n) is 5.08. The molecular weight excluding hydrogens is 268 g/mol. The van der Waals surface area contributed by atoms with Crippen molar-refractivity contribution < 1.29 is 14.8 Å². The van der Waals surface area contributed by atoms with Crippen molar-refractivity contribution in [2.45, 2.75) is 25.7 Å². The van der Waals surface area contributed by atoms with Crippen LogP contribution in [0.1, 0.15) is 24.8 Å². The molecule has 1 heterocycles. The van der Waals surface area contributed by atoms with Crippen LogP contribution in [0.4, 0.5) is 0 Å². The lowest BCUT2D eigenvalue weighted by Gasteiger charge is -2.27. The van der Waals surface area contributed by atoms with Crippen molar-refractivity contribution in [3.05, 3.63) is 47.5 Å². The fourth-order valence-corrected chi connectivity index (χ4v) is 2.42. The van der Waals surface area contributed by atoms with E-state index in [0.29, 0.717) is 18.5 Å². The zero-order chi connectivity index (χ0) is 15.1. The molecule has 0 saturated heterocycles. The molecule has 5 nitrogen and oxygen atoms in total. The summed E-state index contributed by atoms with van der Waals surface area (Å²) in [5.41, 5.74) is 3.46. The van der Waals surface area contributed by atoms with Gasteiger partial charge in [0.15, 0.2) is 0 Å². The summed E-state index contributed by atoms with van der Waals surface area (Å²) in [5, 5.41) is 8.48. The average molecular weight is 288 g/mol. The highest BCUT2D eigenvalue weighted by Crippen LogP contribution is 2.17. The minimum atomic E-state index is -0.467. The lowest BCUT2D eigenvalue weighted by Crippen LogP contribution is -2.37. The quantitative estimate of drug-likeness (QED) is 0.618. The lowest BCUT2D eigenvalue weighted by atomic mass is 10.0. The van der Waals surface area contributed by atoms with E-state index < -0.39 is 5.91 Å². The standard InChI is InChI=1S/C16H20N2O3/c19-15(17-21)9-8-14-7-4-11-18(16(14)20)12-10-13-5-2-1-3-6-13/h1-3,5-7,21H,4,8-12H2,(H,17,19). The van der Waals surface area contributed by atoms with Gasteiger partial charge in [-0.2, -0.15) is 0 Å². The van der Waals surface area contributed by atoms with Gasteiger partial charge in [0.05, 0.1) is 0 Å². The molecule has 1 aliphatic rings. The Morgan fingerprint density at radius 2 is 2.00 bits per heavy atom. The molecule has 0 bridgehead atoms. The zero-order valence-electron chi connectivity index (χ0n) is 11.9. The molecule has 5 heteroatoms. The topological polar surface area (TPSA) is 69.6 Å². The van der Waals surface area contributed by atoms with Gasteiger partial charge in [0.1, 0.15) is 0 Å². The van der Waals surface area contributed by atoms with Gasteiger partial charge in [0.25, 0.3) is 0 Å². The summed E-state index contributed by atoms with van der Waals surface area (Å²) in [6, 6.07) is 10.1. The van der Waals surface area contributed by atoms with Crippen LogP contribution < -0.4 is 5.48 Å². The molecule has 1 aromatic rings. The Hall–Kier alpha value is -2.14. The van der Waals surface area contributed by atoms with Crippen LogP contribution in [0.2, 0.25) is 0 Å². The van der Waals surface area contributed by atoms with Gasteiger partial charge in [0, 0.05) is 25.1 Å². The van der Waals surface area contributed by atoms with Gasteiger partial charge < -0.3 is 4.90 Å². The van der Waals surface area contributed by atoms with Crippen LogP contribution in [-0.2, 0) is 16.0 Å². The lowest BCUT2D eigenvalue weighted by molar-refractivity contribution is -0.129. The molecular formula is C16H20N2O3. The number of hydroxylamine groups is 1. The summed E-state index contributed by atoms with van der Waals surface area (Å²) >= 11 is 0. The van der Waals surface area contributed by atoms with Crippen molar-refractivity contribution in [3.8, 4) is 0 Å². The van der Waals surface area contributed by atoms with E-state index in [2.05, 4.69) is 12.1 Å². The summed E-state index contributed by atoms with van der Waals surface area (Å²) in [7, 11) is 0. The number of carbonyl (C=O) groups is 2. The molecule has 2 N–H and O–H groups in total. The Kier molecular flexibility index (Phi) is 5.51. The molecule has 2 amide bonds. The van der Waals surface area contributed by atoms with Gasteiger partial charge in [-0.3, -0.25) is 14.8 Å². The van der Waals surface area contributed by atoms with Crippen molar-refractivity contribution in [1.29, 1.82) is 0 Å². The third kappa shape index (κ3) is 4.43. The highest BCUT2D eigenvalue weighted by atomic mass is 16.5. The molecule has 1 aliphatic heterocycles. The van der Waals surface area contributed by atoms with Crippen LogP contribution in [0.25, 0.3) is 0 Å². The number of nitrogens with zero attached hydrogens (tertiary/aromatic N) is 1. The monoisotopic (exact) mass is 288 g/mol. The fourth-order valence-electron chi connectivity index (χ4n) is 2.42. The van der Waals surface area contributed by atoms with Gasteiger partial charge >= 0.3 is 0 Å². The molecule has 21 heavy (non-hydrogen) atoms. The molecule has 2 rings (SSSR count). The Bertz CT molecular complexity index is 526. The molecule has 112 valence electrons. The number of hydrogen-bond donors (Lipinski definition) is 2. The minimum absolute atomic E-state index is 0.00270. The predicted molar refractivity (Wildman–Crippen MR) is 78.6 cm³/mol. The van der Waals surface area contributed by atoms with Crippen molar-refractivity contribution in [1.82, 2.24) is 10.4 Å². The first-order valence-corrected chi connectivity index (χ1v) is 7.16. The van der Waals surface area contributed by atoms with E-state index in [0.717, 1.165) is 19.4 Å². The van der Waals surface area contributed by atoms with E-state index in [1.165, 1.54) is 5.56 Å². The summed E-state index contributed by atoms with van der Waals surface area (Å²) in [4.78, 5) is 25.2. The maximum Gasteiger partial charge on any atom is 0.249 e. The van der Waals surface area contributed by atoms with Crippen molar-refractivity contribution in [2.24, 2.45) is 0 Å². The predicted octanol–water partition coefficient (Wildman–Crippen LogP) is 1.67. The normalized spacial score (nSPS) is 14.8. The van der Waals surface area contributed by atoms with Crippen LogP contribution >= 0.6 is 0 Å². The molecule has 0 radical (unpaired) electrons. The first-order valence-electron chi connectivity index (χ1n) is 7.16.